The lowest BCUT2D eigenvalue weighted by atomic mass is 10.1. The lowest BCUT2D eigenvalue weighted by molar-refractivity contribution is -0.115. The second-order valence-corrected chi connectivity index (χ2v) is 5.47. The minimum Gasteiger partial charge on any atom is -0.495 e. The van der Waals surface area contributed by atoms with Crippen molar-refractivity contribution < 1.29 is 9.53 Å². The Balaban J connectivity index is 1.61. The van der Waals surface area contributed by atoms with Crippen LogP contribution in [0.1, 0.15) is 5.56 Å². The monoisotopic (exact) mass is 333 g/mol. The van der Waals surface area contributed by atoms with E-state index in [9.17, 15) is 4.79 Å². The molecule has 0 atom stereocenters. The third kappa shape index (κ3) is 4.57. The summed E-state index contributed by atoms with van der Waals surface area (Å²) in [5, 5.41) is 6.05. The van der Waals surface area contributed by atoms with Crippen LogP contribution in [0.2, 0.25) is 0 Å². The minimum atomic E-state index is -0.0709. The summed E-state index contributed by atoms with van der Waals surface area (Å²) in [5.41, 5.74) is 2.47. The number of benzene rings is 2. The van der Waals surface area contributed by atoms with Crippen LogP contribution < -0.4 is 15.4 Å². The van der Waals surface area contributed by atoms with Crippen molar-refractivity contribution in [3.8, 4) is 5.75 Å². The fourth-order valence-corrected chi connectivity index (χ4v) is 2.41. The van der Waals surface area contributed by atoms with Gasteiger partial charge in [-0.15, -0.1) is 0 Å². The lowest BCUT2D eigenvalue weighted by Gasteiger charge is -2.11. The molecule has 0 saturated heterocycles. The zero-order valence-corrected chi connectivity index (χ0v) is 13.9. The molecule has 1 heterocycles. The quantitative estimate of drug-likeness (QED) is 0.715. The molecule has 3 aromatic rings. The SMILES string of the molecule is COc1ccccc1Nc1ccc(NC(=O)Cc2ccccc2)cn1. The summed E-state index contributed by atoms with van der Waals surface area (Å²) >= 11 is 0. The lowest BCUT2D eigenvalue weighted by Crippen LogP contribution is -2.14. The molecule has 0 radical (unpaired) electrons. The molecule has 0 bridgehead atoms. The van der Waals surface area contributed by atoms with Gasteiger partial charge in [0.15, 0.2) is 0 Å². The molecule has 0 aliphatic rings. The number of aromatic nitrogens is 1. The highest BCUT2D eigenvalue weighted by molar-refractivity contribution is 5.92. The molecule has 1 amide bonds. The van der Waals surface area contributed by atoms with Gasteiger partial charge < -0.3 is 15.4 Å². The van der Waals surface area contributed by atoms with Gasteiger partial charge in [0.25, 0.3) is 0 Å². The zero-order chi connectivity index (χ0) is 17.5. The molecule has 5 heteroatoms. The van der Waals surface area contributed by atoms with Crippen LogP contribution in [-0.4, -0.2) is 18.0 Å². The van der Waals surface area contributed by atoms with Crippen molar-refractivity contribution in [3.63, 3.8) is 0 Å². The van der Waals surface area contributed by atoms with Crippen molar-refractivity contribution in [2.75, 3.05) is 17.7 Å². The molecule has 0 saturated carbocycles. The van der Waals surface area contributed by atoms with E-state index in [2.05, 4.69) is 15.6 Å². The Labute approximate surface area is 146 Å². The van der Waals surface area contributed by atoms with Crippen LogP contribution in [0, 0.1) is 0 Å². The third-order valence-electron chi connectivity index (χ3n) is 3.62. The van der Waals surface area contributed by atoms with Crippen molar-refractivity contribution in [1.82, 2.24) is 4.98 Å². The highest BCUT2D eigenvalue weighted by atomic mass is 16.5. The predicted octanol–water partition coefficient (Wildman–Crippen LogP) is 4.02. The Morgan fingerprint density at radius 3 is 2.48 bits per heavy atom. The number of anilines is 3. The number of hydrogen-bond acceptors (Lipinski definition) is 4. The van der Waals surface area contributed by atoms with Gasteiger partial charge in [0.1, 0.15) is 11.6 Å². The second-order valence-electron chi connectivity index (χ2n) is 5.47. The van der Waals surface area contributed by atoms with Crippen molar-refractivity contribution in [2.45, 2.75) is 6.42 Å². The summed E-state index contributed by atoms with van der Waals surface area (Å²) in [6.07, 6.45) is 1.96. The Hall–Kier alpha value is -3.34. The topological polar surface area (TPSA) is 63.2 Å². The van der Waals surface area contributed by atoms with E-state index in [4.69, 9.17) is 4.74 Å². The van der Waals surface area contributed by atoms with E-state index in [1.165, 1.54) is 0 Å². The average Bonchev–Trinajstić information content (AvgIpc) is 2.64. The normalized spacial score (nSPS) is 10.1. The molecule has 0 aliphatic carbocycles. The third-order valence-corrected chi connectivity index (χ3v) is 3.62. The standard InChI is InChI=1S/C20H19N3O2/c1-25-18-10-6-5-9-17(18)23-19-12-11-16(14-21-19)22-20(24)13-15-7-3-2-4-8-15/h2-12,14H,13H2,1H3,(H,21,23)(H,22,24). The number of hydrogen-bond donors (Lipinski definition) is 2. The van der Waals surface area contributed by atoms with Crippen molar-refractivity contribution in [2.24, 2.45) is 0 Å². The van der Waals surface area contributed by atoms with Crippen LogP contribution in [0.25, 0.3) is 0 Å². The first-order valence-electron chi connectivity index (χ1n) is 7.94. The number of pyridine rings is 1. The number of nitrogens with one attached hydrogen (secondary N) is 2. The molecule has 0 fully saturated rings. The highest BCUT2D eigenvalue weighted by Gasteiger charge is 2.06. The van der Waals surface area contributed by atoms with Crippen LogP contribution in [-0.2, 0) is 11.2 Å². The average molecular weight is 333 g/mol. The summed E-state index contributed by atoms with van der Waals surface area (Å²) in [4.78, 5) is 16.4. The Morgan fingerprint density at radius 2 is 1.76 bits per heavy atom. The van der Waals surface area contributed by atoms with Crippen LogP contribution in [0.5, 0.6) is 5.75 Å². The van der Waals surface area contributed by atoms with Gasteiger partial charge in [-0.05, 0) is 29.8 Å². The number of rotatable bonds is 6. The maximum Gasteiger partial charge on any atom is 0.228 e. The van der Waals surface area contributed by atoms with E-state index in [1.807, 2.05) is 66.7 Å². The maximum atomic E-state index is 12.1. The Bertz CT molecular complexity index is 833. The fraction of sp³-hybridized carbons (Fsp3) is 0.100. The van der Waals surface area contributed by atoms with Gasteiger partial charge in [0, 0.05) is 0 Å². The number of para-hydroxylation sites is 2. The Morgan fingerprint density at radius 1 is 1.00 bits per heavy atom. The molecular weight excluding hydrogens is 314 g/mol. The van der Waals surface area contributed by atoms with E-state index in [0.717, 1.165) is 17.0 Å². The van der Waals surface area contributed by atoms with Gasteiger partial charge >= 0.3 is 0 Å². The predicted molar refractivity (Wildman–Crippen MR) is 99.3 cm³/mol. The summed E-state index contributed by atoms with van der Waals surface area (Å²) in [6, 6.07) is 20.9. The first-order valence-corrected chi connectivity index (χ1v) is 7.94. The van der Waals surface area contributed by atoms with E-state index in [1.54, 1.807) is 13.3 Å². The number of carbonyl (C=O) groups is 1. The number of ether oxygens (including phenoxy) is 1. The van der Waals surface area contributed by atoms with Crippen LogP contribution in [0.15, 0.2) is 72.9 Å². The molecule has 0 spiro atoms. The van der Waals surface area contributed by atoms with Gasteiger partial charge in [0.05, 0.1) is 31.1 Å². The first kappa shape index (κ1) is 16.5. The largest absolute Gasteiger partial charge is 0.495 e. The summed E-state index contributed by atoms with van der Waals surface area (Å²) in [6.45, 7) is 0. The maximum absolute atomic E-state index is 12.1. The number of methoxy groups -OCH3 is 1. The molecule has 25 heavy (non-hydrogen) atoms. The van der Waals surface area contributed by atoms with Crippen molar-refractivity contribution in [1.29, 1.82) is 0 Å². The Kier molecular flexibility index (Phi) is 5.26. The van der Waals surface area contributed by atoms with Crippen LogP contribution in [0.3, 0.4) is 0 Å². The zero-order valence-electron chi connectivity index (χ0n) is 13.9. The summed E-state index contributed by atoms with van der Waals surface area (Å²) in [5.74, 6) is 1.34. The van der Waals surface area contributed by atoms with E-state index in [-0.39, 0.29) is 5.91 Å². The summed E-state index contributed by atoms with van der Waals surface area (Å²) in [7, 11) is 1.62. The molecule has 1 aromatic heterocycles. The van der Waals surface area contributed by atoms with E-state index < -0.39 is 0 Å². The van der Waals surface area contributed by atoms with E-state index >= 15 is 0 Å². The molecule has 2 aromatic carbocycles. The fourth-order valence-electron chi connectivity index (χ4n) is 2.41. The van der Waals surface area contributed by atoms with Crippen LogP contribution >= 0.6 is 0 Å². The molecular formula is C20H19N3O2. The van der Waals surface area contributed by atoms with Crippen molar-refractivity contribution in [3.05, 3.63) is 78.5 Å². The van der Waals surface area contributed by atoms with Crippen molar-refractivity contribution >= 4 is 23.1 Å². The molecule has 2 N–H and O–H groups in total. The van der Waals surface area contributed by atoms with Crippen LogP contribution in [0.4, 0.5) is 17.2 Å². The van der Waals surface area contributed by atoms with Gasteiger partial charge in [-0.1, -0.05) is 42.5 Å². The van der Waals surface area contributed by atoms with E-state index in [0.29, 0.717) is 17.9 Å². The number of carbonyl (C=O) groups excluding carboxylic acids is 1. The molecule has 3 rings (SSSR count). The molecule has 0 aliphatic heterocycles. The number of nitrogens with zero attached hydrogens (tertiary/aromatic N) is 1. The second kappa shape index (κ2) is 7.97. The van der Waals surface area contributed by atoms with Gasteiger partial charge in [-0.2, -0.15) is 0 Å². The highest BCUT2D eigenvalue weighted by Crippen LogP contribution is 2.26. The van der Waals surface area contributed by atoms with Gasteiger partial charge in [0.2, 0.25) is 5.91 Å². The molecule has 5 nitrogen and oxygen atoms in total. The molecule has 0 unspecified atom stereocenters. The first-order chi connectivity index (χ1) is 12.2. The minimum absolute atomic E-state index is 0.0709. The summed E-state index contributed by atoms with van der Waals surface area (Å²) < 4.78 is 5.30. The smallest absolute Gasteiger partial charge is 0.228 e. The molecule has 126 valence electrons. The number of amides is 1. The van der Waals surface area contributed by atoms with Gasteiger partial charge in [-0.3, -0.25) is 4.79 Å². The van der Waals surface area contributed by atoms with Gasteiger partial charge in [-0.25, -0.2) is 4.98 Å².